The smallest absolute Gasteiger partial charge is 0.243 e. The van der Waals surface area contributed by atoms with Crippen molar-refractivity contribution < 1.29 is 13.2 Å². The summed E-state index contributed by atoms with van der Waals surface area (Å²) in [6.07, 6.45) is 1.46. The average Bonchev–Trinajstić information content (AvgIpc) is 3.33. The number of benzene rings is 1. The number of carbonyl (C=O) groups excluding carboxylic acids is 1. The highest BCUT2D eigenvalue weighted by atomic mass is 32.2. The Balaban J connectivity index is 1.67. The van der Waals surface area contributed by atoms with Gasteiger partial charge in [-0.05, 0) is 36.5 Å². The lowest BCUT2D eigenvalue weighted by molar-refractivity contribution is -0.134. The number of nitrogens with zero attached hydrogens (tertiary/aromatic N) is 2. The highest BCUT2D eigenvalue weighted by Crippen LogP contribution is 2.34. The van der Waals surface area contributed by atoms with Crippen molar-refractivity contribution in [3.63, 3.8) is 0 Å². The fraction of sp³-hybridized carbons (Fsp3) is 0.588. The quantitative estimate of drug-likeness (QED) is 0.881. The predicted molar refractivity (Wildman–Crippen MR) is 92.0 cm³/mol. The topological polar surface area (TPSA) is 83.7 Å². The summed E-state index contributed by atoms with van der Waals surface area (Å²) >= 11 is 0. The standard InChI is InChI=1S/C17H25N3O3S/c1-13(2)14-3-5-15(6-4-14)24(22,23)20-11-9-19(10-12-20)16(21)17(18)7-8-17/h3-6,13H,7-12,18H2,1-2H3. The van der Waals surface area contributed by atoms with Crippen LogP contribution in [0.5, 0.6) is 0 Å². The monoisotopic (exact) mass is 351 g/mol. The Hall–Kier alpha value is -1.44. The van der Waals surface area contributed by atoms with Gasteiger partial charge in [-0.1, -0.05) is 26.0 Å². The lowest BCUT2D eigenvalue weighted by Crippen LogP contribution is -2.55. The molecule has 0 unspecified atom stereocenters. The first-order chi connectivity index (χ1) is 11.2. The first-order valence-electron chi connectivity index (χ1n) is 8.42. The molecule has 2 fully saturated rings. The number of sulfonamides is 1. The molecule has 3 rings (SSSR count). The predicted octanol–water partition coefficient (Wildman–Crippen LogP) is 1.13. The van der Waals surface area contributed by atoms with Crippen molar-refractivity contribution in [1.29, 1.82) is 0 Å². The summed E-state index contributed by atoms with van der Waals surface area (Å²) < 4.78 is 27.0. The van der Waals surface area contributed by atoms with Gasteiger partial charge in [-0.15, -0.1) is 0 Å². The van der Waals surface area contributed by atoms with Crippen molar-refractivity contribution in [2.24, 2.45) is 5.73 Å². The van der Waals surface area contributed by atoms with E-state index in [-0.39, 0.29) is 5.91 Å². The maximum absolute atomic E-state index is 12.8. The molecule has 1 aromatic carbocycles. The molecule has 2 N–H and O–H groups in total. The Kier molecular flexibility index (Phi) is 4.44. The van der Waals surface area contributed by atoms with Crippen LogP contribution in [-0.4, -0.2) is 55.2 Å². The zero-order chi connectivity index (χ0) is 17.5. The zero-order valence-electron chi connectivity index (χ0n) is 14.2. The molecular weight excluding hydrogens is 326 g/mol. The maximum Gasteiger partial charge on any atom is 0.243 e. The molecule has 0 aromatic heterocycles. The van der Waals surface area contributed by atoms with Crippen molar-refractivity contribution in [2.45, 2.75) is 43.0 Å². The first-order valence-corrected chi connectivity index (χ1v) is 9.86. The second kappa shape index (κ2) is 6.13. The molecule has 1 aliphatic carbocycles. The van der Waals surface area contributed by atoms with Crippen LogP contribution in [0.3, 0.4) is 0 Å². The fourth-order valence-corrected chi connectivity index (χ4v) is 4.39. The van der Waals surface area contributed by atoms with Crippen LogP contribution in [0.15, 0.2) is 29.2 Å². The molecule has 2 aliphatic rings. The average molecular weight is 351 g/mol. The van der Waals surface area contributed by atoms with Crippen LogP contribution in [0.25, 0.3) is 0 Å². The van der Waals surface area contributed by atoms with E-state index in [1.807, 2.05) is 12.1 Å². The normalized spacial score (nSPS) is 21.1. The molecule has 0 atom stereocenters. The Morgan fingerprint density at radius 2 is 1.62 bits per heavy atom. The zero-order valence-corrected chi connectivity index (χ0v) is 15.1. The second-order valence-corrected chi connectivity index (χ2v) is 9.01. The van der Waals surface area contributed by atoms with Crippen LogP contribution < -0.4 is 5.73 Å². The molecule has 24 heavy (non-hydrogen) atoms. The number of rotatable bonds is 4. The van der Waals surface area contributed by atoms with E-state index in [1.165, 1.54) is 4.31 Å². The third-order valence-corrected chi connectivity index (χ3v) is 6.84. The minimum absolute atomic E-state index is 0.0409. The van der Waals surface area contributed by atoms with Crippen molar-refractivity contribution in [3.05, 3.63) is 29.8 Å². The SMILES string of the molecule is CC(C)c1ccc(S(=O)(=O)N2CCN(C(=O)C3(N)CC3)CC2)cc1. The van der Waals surface area contributed by atoms with Crippen LogP contribution in [0.1, 0.15) is 38.2 Å². The summed E-state index contributed by atoms with van der Waals surface area (Å²) in [6.45, 7) is 5.59. The summed E-state index contributed by atoms with van der Waals surface area (Å²) in [5, 5.41) is 0. The maximum atomic E-state index is 12.8. The fourth-order valence-electron chi connectivity index (χ4n) is 2.97. The minimum atomic E-state index is -3.51. The van der Waals surface area contributed by atoms with E-state index in [2.05, 4.69) is 13.8 Å². The van der Waals surface area contributed by atoms with Gasteiger partial charge in [0.1, 0.15) is 0 Å². The second-order valence-electron chi connectivity index (χ2n) is 7.08. The minimum Gasteiger partial charge on any atom is -0.338 e. The van der Waals surface area contributed by atoms with Crippen molar-refractivity contribution in [3.8, 4) is 0 Å². The summed E-state index contributed by atoms with van der Waals surface area (Å²) in [4.78, 5) is 14.2. The van der Waals surface area contributed by atoms with Gasteiger partial charge < -0.3 is 10.6 Å². The molecule has 1 heterocycles. The number of hydrogen-bond donors (Lipinski definition) is 1. The van der Waals surface area contributed by atoms with Gasteiger partial charge in [0.15, 0.2) is 0 Å². The van der Waals surface area contributed by atoms with Crippen LogP contribution in [0.4, 0.5) is 0 Å². The number of hydrogen-bond acceptors (Lipinski definition) is 4. The van der Waals surface area contributed by atoms with Crippen LogP contribution in [0.2, 0.25) is 0 Å². The number of carbonyl (C=O) groups is 1. The van der Waals surface area contributed by atoms with Crippen LogP contribution >= 0.6 is 0 Å². The molecule has 0 radical (unpaired) electrons. The lowest BCUT2D eigenvalue weighted by Gasteiger charge is -2.35. The van der Waals surface area contributed by atoms with Gasteiger partial charge >= 0.3 is 0 Å². The van der Waals surface area contributed by atoms with Crippen molar-refractivity contribution in [2.75, 3.05) is 26.2 Å². The molecule has 0 bridgehead atoms. The largest absolute Gasteiger partial charge is 0.338 e. The van der Waals surface area contributed by atoms with Crippen LogP contribution in [-0.2, 0) is 14.8 Å². The molecule has 0 spiro atoms. The third kappa shape index (κ3) is 3.20. The molecule has 1 saturated carbocycles. The van der Waals surface area contributed by atoms with E-state index in [0.29, 0.717) is 37.0 Å². The van der Waals surface area contributed by atoms with E-state index in [9.17, 15) is 13.2 Å². The highest BCUT2D eigenvalue weighted by molar-refractivity contribution is 7.89. The van der Waals surface area contributed by atoms with E-state index in [1.54, 1.807) is 17.0 Å². The molecular formula is C17H25N3O3S. The number of nitrogens with two attached hydrogens (primary N) is 1. The summed E-state index contributed by atoms with van der Waals surface area (Å²) in [6, 6.07) is 7.06. The third-order valence-electron chi connectivity index (χ3n) is 4.92. The van der Waals surface area contributed by atoms with Gasteiger partial charge in [0.25, 0.3) is 0 Å². The van der Waals surface area contributed by atoms with Crippen molar-refractivity contribution >= 4 is 15.9 Å². The first kappa shape index (κ1) is 17.4. The molecule has 7 heteroatoms. The highest BCUT2D eigenvalue weighted by Gasteiger charge is 2.48. The van der Waals surface area contributed by atoms with Crippen LogP contribution in [0, 0.1) is 0 Å². The Morgan fingerprint density at radius 3 is 2.08 bits per heavy atom. The van der Waals surface area contributed by atoms with E-state index in [0.717, 1.165) is 18.4 Å². The lowest BCUT2D eigenvalue weighted by atomic mass is 10.0. The summed E-state index contributed by atoms with van der Waals surface area (Å²) in [7, 11) is -3.51. The molecule has 1 aliphatic heterocycles. The van der Waals surface area contributed by atoms with Crippen molar-refractivity contribution in [1.82, 2.24) is 9.21 Å². The van der Waals surface area contributed by atoms with Gasteiger partial charge in [-0.3, -0.25) is 4.79 Å². The van der Waals surface area contributed by atoms with E-state index < -0.39 is 15.6 Å². The van der Waals surface area contributed by atoms with Gasteiger partial charge in [0.05, 0.1) is 10.4 Å². The number of amides is 1. The number of piperazine rings is 1. The Morgan fingerprint density at radius 1 is 1.08 bits per heavy atom. The Bertz CT molecular complexity index is 716. The molecule has 1 amide bonds. The molecule has 132 valence electrons. The van der Waals surface area contributed by atoms with Gasteiger partial charge in [0, 0.05) is 26.2 Å². The van der Waals surface area contributed by atoms with Gasteiger partial charge in [-0.25, -0.2) is 8.42 Å². The van der Waals surface area contributed by atoms with Gasteiger partial charge in [-0.2, -0.15) is 4.31 Å². The van der Waals surface area contributed by atoms with Gasteiger partial charge in [0.2, 0.25) is 15.9 Å². The summed E-state index contributed by atoms with van der Waals surface area (Å²) in [5.74, 6) is 0.322. The summed E-state index contributed by atoms with van der Waals surface area (Å²) in [5.41, 5.74) is 6.37. The molecule has 1 saturated heterocycles. The van der Waals surface area contributed by atoms with E-state index in [4.69, 9.17) is 5.73 Å². The molecule has 6 nitrogen and oxygen atoms in total. The Labute approximate surface area is 143 Å². The van der Waals surface area contributed by atoms with E-state index >= 15 is 0 Å². The molecule has 1 aromatic rings.